The fourth-order valence-electron chi connectivity index (χ4n) is 1.41. The van der Waals surface area contributed by atoms with Crippen molar-refractivity contribution in [3.05, 3.63) is 40.0 Å². The van der Waals surface area contributed by atoms with Crippen LogP contribution in [0, 0.1) is 6.54 Å². The molecule has 1 aliphatic heterocycles. The Morgan fingerprint density at radius 3 is 3.09 bits per heavy atom. The lowest BCUT2D eigenvalue weighted by Crippen LogP contribution is -2.19. The molecule has 0 fully saturated rings. The maximum Gasteiger partial charge on any atom is 0.308 e. The summed E-state index contributed by atoms with van der Waals surface area (Å²) in [5, 5.41) is 0. The fourth-order valence-corrected chi connectivity index (χ4v) is 2.30. The zero-order valence-corrected chi connectivity index (χ0v) is 6.39. The summed E-state index contributed by atoms with van der Waals surface area (Å²) in [5.74, 6) is 0. The van der Waals surface area contributed by atoms with E-state index in [0.717, 1.165) is 10.2 Å². The molecular formula is C8H4NOS. The minimum Gasteiger partial charge on any atom is -0.288 e. The van der Waals surface area contributed by atoms with Gasteiger partial charge in [0.2, 0.25) is 0 Å². The van der Waals surface area contributed by atoms with E-state index >= 15 is 0 Å². The highest BCUT2D eigenvalue weighted by Gasteiger charge is 2.19. The molecule has 1 aromatic carbocycles. The molecule has 0 saturated carbocycles. The van der Waals surface area contributed by atoms with E-state index in [0.29, 0.717) is 0 Å². The second kappa shape index (κ2) is 1.56. The van der Waals surface area contributed by atoms with Crippen molar-refractivity contribution in [1.29, 1.82) is 0 Å². The van der Waals surface area contributed by atoms with E-state index < -0.39 is 0 Å². The highest BCUT2D eigenvalue weighted by Crippen LogP contribution is 2.30. The third-order valence-corrected chi connectivity index (χ3v) is 2.85. The lowest BCUT2D eigenvalue weighted by molar-refractivity contribution is 0.945. The molecular weight excluding hydrogens is 158 g/mol. The Morgan fingerprint density at radius 2 is 2.27 bits per heavy atom. The van der Waals surface area contributed by atoms with Crippen molar-refractivity contribution in [2.75, 3.05) is 0 Å². The Kier molecular flexibility index (Phi) is 0.786. The first-order valence-electron chi connectivity index (χ1n) is 3.35. The van der Waals surface area contributed by atoms with Gasteiger partial charge in [-0.3, -0.25) is 9.36 Å². The monoisotopic (exact) mass is 162 g/mol. The second-order valence-corrected chi connectivity index (χ2v) is 3.55. The molecule has 3 heteroatoms. The van der Waals surface area contributed by atoms with Crippen molar-refractivity contribution in [1.82, 2.24) is 4.57 Å². The van der Waals surface area contributed by atoms with E-state index in [1.54, 1.807) is 4.57 Å². The zero-order chi connectivity index (χ0) is 7.42. The number of para-hydroxylation sites is 1. The minimum absolute atomic E-state index is 0.124. The van der Waals surface area contributed by atoms with E-state index in [2.05, 4.69) is 0 Å². The van der Waals surface area contributed by atoms with Gasteiger partial charge in [-0.1, -0.05) is 23.5 Å². The largest absolute Gasteiger partial charge is 0.308 e. The maximum atomic E-state index is 11.1. The minimum atomic E-state index is 0.124. The van der Waals surface area contributed by atoms with Crippen molar-refractivity contribution < 1.29 is 0 Å². The molecule has 1 aliphatic rings. The predicted octanol–water partition coefficient (Wildman–Crippen LogP) is 1.43. The van der Waals surface area contributed by atoms with E-state index in [1.165, 1.54) is 16.9 Å². The first-order chi connectivity index (χ1) is 5.36. The highest BCUT2D eigenvalue weighted by molar-refractivity contribution is 7.16. The summed E-state index contributed by atoms with van der Waals surface area (Å²) in [4.78, 5) is 11.3. The lowest BCUT2D eigenvalue weighted by Gasteiger charge is -2.14. The molecule has 1 aromatic heterocycles. The van der Waals surface area contributed by atoms with Crippen molar-refractivity contribution in [3.63, 3.8) is 0 Å². The molecule has 0 N–H and O–H groups in total. The van der Waals surface area contributed by atoms with E-state index in [9.17, 15) is 4.79 Å². The third-order valence-electron chi connectivity index (χ3n) is 1.93. The summed E-state index contributed by atoms with van der Waals surface area (Å²) in [6.45, 7) is 1.88. The fraction of sp³-hybridized carbons (Fsp3) is 0. The van der Waals surface area contributed by atoms with Gasteiger partial charge in [0.05, 0.1) is 16.8 Å². The third kappa shape index (κ3) is 0.509. The van der Waals surface area contributed by atoms with Crippen LogP contribution in [-0.4, -0.2) is 4.57 Å². The molecule has 0 aliphatic carbocycles. The van der Waals surface area contributed by atoms with Gasteiger partial charge in [-0.15, -0.1) is 0 Å². The van der Waals surface area contributed by atoms with Crippen LogP contribution < -0.4 is 4.87 Å². The van der Waals surface area contributed by atoms with Gasteiger partial charge < -0.3 is 0 Å². The summed E-state index contributed by atoms with van der Waals surface area (Å²) in [5.41, 5.74) is 2.28. The van der Waals surface area contributed by atoms with E-state index in [-0.39, 0.29) is 4.87 Å². The quantitative estimate of drug-likeness (QED) is 0.490. The molecule has 0 atom stereocenters. The Bertz CT molecular complexity index is 494. The number of rotatable bonds is 0. The van der Waals surface area contributed by atoms with Crippen LogP contribution in [-0.2, 0) is 0 Å². The van der Waals surface area contributed by atoms with Crippen molar-refractivity contribution >= 4 is 21.6 Å². The molecule has 53 valence electrons. The topological polar surface area (TPSA) is 22.0 Å². The normalized spacial score (nSPS) is 13.5. The smallest absolute Gasteiger partial charge is 0.288 e. The van der Waals surface area contributed by atoms with Gasteiger partial charge in [0, 0.05) is 5.56 Å². The first kappa shape index (κ1) is 5.55. The van der Waals surface area contributed by atoms with E-state index in [1.807, 2.05) is 24.7 Å². The molecule has 1 radical (unpaired) electrons. The van der Waals surface area contributed by atoms with E-state index in [4.69, 9.17) is 0 Å². The van der Waals surface area contributed by atoms with Crippen LogP contribution in [0.1, 0.15) is 5.56 Å². The SMILES string of the molecule is O=c1sc2cccc3c2n1[CH]3. The number of hydrogen-bond donors (Lipinski definition) is 0. The van der Waals surface area contributed by atoms with Crippen LogP contribution >= 0.6 is 11.3 Å². The van der Waals surface area contributed by atoms with Gasteiger partial charge in [-0.05, 0) is 6.07 Å². The van der Waals surface area contributed by atoms with Gasteiger partial charge in [0.15, 0.2) is 0 Å². The standard InChI is InChI=1S/C8H4NOS/c10-8-9-4-5-2-1-3-6(11-8)7(5)9/h1-4H. The summed E-state index contributed by atoms with van der Waals surface area (Å²) in [6, 6.07) is 5.98. The molecule has 2 heterocycles. The molecule has 2 aromatic rings. The lowest BCUT2D eigenvalue weighted by atomic mass is 10.1. The number of benzene rings is 1. The van der Waals surface area contributed by atoms with Crippen molar-refractivity contribution in [3.8, 4) is 0 Å². The summed E-state index contributed by atoms with van der Waals surface area (Å²) in [7, 11) is 0. The van der Waals surface area contributed by atoms with Crippen LogP contribution in [0.2, 0.25) is 0 Å². The zero-order valence-electron chi connectivity index (χ0n) is 5.57. The molecule has 0 spiro atoms. The summed E-state index contributed by atoms with van der Waals surface area (Å²) < 4.78 is 2.80. The Hall–Kier alpha value is -1.09. The van der Waals surface area contributed by atoms with Gasteiger partial charge in [0.1, 0.15) is 0 Å². The number of thiazole rings is 1. The van der Waals surface area contributed by atoms with Crippen LogP contribution in [0.4, 0.5) is 0 Å². The van der Waals surface area contributed by atoms with Crippen LogP contribution in [0.25, 0.3) is 10.2 Å². The van der Waals surface area contributed by atoms with Gasteiger partial charge in [-0.25, -0.2) is 0 Å². The average molecular weight is 162 g/mol. The Balaban J connectivity index is 2.72. The second-order valence-electron chi connectivity index (χ2n) is 2.56. The summed E-state index contributed by atoms with van der Waals surface area (Å²) >= 11 is 1.31. The van der Waals surface area contributed by atoms with Crippen LogP contribution in [0.15, 0.2) is 23.0 Å². The van der Waals surface area contributed by atoms with Crippen molar-refractivity contribution in [2.24, 2.45) is 0 Å². The Labute approximate surface area is 66.7 Å². The molecule has 3 rings (SSSR count). The molecule has 0 bridgehead atoms. The van der Waals surface area contributed by atoms with Gasteiger partial charge in [-0.2, -0.15) is 0 Å². The number of nitrogens with zero attached hydrogens (tertiary/aromatic N) is 1. The number of aromatic nitrogens is 1. The molecule has 0 amide bonds. The molecule has 2 nitrogen and oxygen atoms in total. The van der Waals surface area contributed by atoms with Crippen molar-refractivity contribution in [2.45, 2.75) is 0 Å². The first-order valence-corrected chi connectivity index (χ1v) is 4.17. The number of hydrogen-bond acceptors (Lipinski definition) is 2. The molecule has 11 heavy (non-hydrogen) atoms. The van der Waals surface area contributed by atoms with Crippen LogP contribution in [0.5, 0.6) is 0 Å². The van der Waals surface area contributed by atoms with Gasteiger partial charge in [0.25, 0.3) is 0 Å². The maximum absolute atomic E-state index is 11.1. The molecule has 0 saturated heterocycles. The molecule has 0 unspecified atom stereocenters. The Morgan fingerprint density at radius 1 is 1.36 bits per heavy atom. The predicted molar refractivity (Wildman–Crippen MR) is 44.9 cm³/mol. The highest BCUT2D eigenvalue weighted by atomic mass is 32.1. The van der Waals surface area contributed by atoms with Gasteiger partial charge >= 0.3 is 4.87 Å². The average Bonchev–Trinajstić information content (AvgIpc) is 2.19. The van der Waals surface area contributed by atoms with Crippen LogP contribution in [0.3, 0.4) is 0 Å². The summed E-state index contributed by atoms with van der Waals surface area (Å²) in [6.07, 6.45) is 0.